The number of hydrogen-bond acceptors (Lipinski definition) is 8. The summed E-state index contributed by atoms with van der Waals surface area (Å²) in [7, 11) is -8.29. The van der Waals surface area contributed by atoms with E-state index in [4.69, 9.17) is 25.2 Å². The van der Waals surface area contributed by atoms with Crippen molar-refractivity contribution >= 4 is 54.7 Å². The summed E-state index contributed by atoms with van der Waals surface area (Å²) in [5, 5.41) is 0.483. The van der Waals surface area contributed by atoms with Gasteiger partial charge in [0.05, 0.1) is 29.5 Å². The molecule has 14 heteroatoms. The number of fused-ring (bicyclic) bond motifs is 2. The Kier molecular flexibility index (Phi) is 8.99. The second-order valence-corrected chi connectivity index (χ2v) is 13.5. The molecule has 0 fully saturated rings. The molecule has 2 aromatic carbocycles. The van der Waals surface area contributed by atoms with E-state index in [1.54, 1.807) is 35.4 Å². The molecule has 0 saturated heterocycles. The number of benzene rings is 2. The number of hydrogen-bond donors (Lipinski definition) is 2. The molecule has 2 aromatic heterocycles. The third kappa shape index (κ3) is 7.67. The second kappa shape index (κ2) is 12.5. The normalized spacial score (nSPS) is 14.9. The van der Waals surface area contributed by atoms with E-state index in [9.17, 15) is 25.9 Å². The Morgan fingerprint density at radius 2 is 1.79 bits per heavy atom. The summed E-state index contributed by atoms with van der Waals surface area (Å²) in [6.07, 6.45) is 6.06. The molecule has 5 rings (SSSR count). The summed E-state index contributed by atoms with van der Waals surface area (Å²) in [5.74, 6) is 1.28. The zero-order valence-electron chi connectivity index (χ0n) is 23.1. The molecule has 0 aliphatic carbocycles. The van der Waals surface area contributed by atoms with E-state index in [2.05, 4.69) is 0 Å². The van der Waals surface area contributed by atoms with Crippen molar-refractivity contribution in [2.45, 2.75) is 32.7 Å². The number of allylic oxidation sites excluding steroid dienone is 2. The zero-order chi connectivity index (χ0) is 30.8. The monoisotopic (exact) mass is 649 g/mol. The molecule has 11 nitrogen and oxygen atoms in total. The molecule has 1 aliphatic rings. The van der Waals surface area contributed by atoms with Crippen molar-refractivity contribution in [1.29, 1.82) is 0 Å². The molecule has 4 aromatic rings. The van der Waals surface area contributed by atoms with Gasteiger partial charge in [0.25, 0.3) is 25.8 Å². The van der Waals surface area contributed by atoms with Crippen LogP contribution >= 0.6 is 11.6 Å². The average Bonchev–Trinajstić information content (AvgIpc) is 3.65. The predicted octanol–water partition coefficient (Wildman–Crippen LogP) is 5.72. The summed E-state index contributed by atoms with van der Waals surface area (Å²) >= 11 is 6.23. The molecule has 1 aliphatic heterocycles. The van der Waals surface area contributed by atoms with E-state index in [0.717, 1.165) is 11.1 Å². The van der Waals surface area contributed by atoms with Crippen LogP contribution in [0, 0.1) is 0 Å². The Balaban J connectivity index is 1.53. The van der Waals surface area contributed by atoms with E-state index in [1.807, 2.05) is 47.9 Å². The van der Waals surface area contributed by atoms with Crippen molar-refractivity contribution in [2.24, 2.45) is 0 Å². The van der Waals surface area contributed by atoms with E-state index in [0.29, 0.717) is 51.5 Å². The Morgan fingerprint density at radius 1 is 1.02 bits per heavy atom. The first-order valence-corrected chi connectivity index (χ1v) is 17.1. The molecular formula is C29H30ClN2O9S2+. The van der Waals surface area contributed by atoms with Gasteiger partial charge in [-0.25, -0.2) is 0 Å². The lowest BCUT2D eigenvalue weighted by Crippen LogP contribution is -2.36. The maximum Gasteiger partial charge on any atom is 0.374 e. The highest BCUT2D eigenvalue weighted by molar-refractivity contribution is 7.86. The fraction of sp³-hybridized carbons (Fsp3) is 0.276. The third-order valence-electron chi connectivity index (χ3n) is 6.82. The molecule has 43 heavy (non-hydrogen) atoms. The van der Waals surface area contributed by atoms with Crippen LogP contribution in [0.25, 0.3) is 28.5 Å². The maximum absolute atomic E-state index is 11.4. The van der Waals surface area contributed by atoms with Crippen molar-refractivity contribution in [3.8, 4) is 17.1 Å². The van der Waals surface area contributed by atoms with E-state index >= 15 is 0 Å². The summed E-state index contributed by atoms with van der Waals surface area (Å²) in [6, 6.07) is 14.3. The molecular weight excluding hydrogens is 620 g/mol. The van der Waals surface area contributed by atoms with Gasteiger partial charge in [-0.3, -0.25) is 9.11 Å². The molecule has 0 bridgehead atoms. The van der Waals surface area contributed by atoms with Gasteiger partial charge >= 0.3 is 5.89 Å². The van der Waals surface area contributed by atoms with Gasteiger partial charge in [-0.15, -0.1) is 0 Å². The number of furan rings is 1. The first-order valence-electron chi connectivity index (χ1n) is 13.5. The number of aryl methyl sites for hydroxylation is 1. The highest BCUT2D eigenvalue weighted by Gasteiger charge is 2.28. The van der Waals surface area contributed by atoms with E-state index in [-0.39, 0.29) is 25.9 Å². The average molecular weight is 650 g/mol. The van der Waals surface area contributed by atoms with Crippen LogP contribution in [0.1, 0.15) is 32.1 Å². The Morgan fingerprint density at radius 3 is 2.49 bits per heavy atom. The van der Waals surface area contributed by atoms with Crippen LogP contribution in [0.3, 0.4) is 0 Å². The molecule has 0 amide bonds. The Labute approximate surface area is 254 Å². The van der Waals surface area contributed by atoms with Gasteiger partial charge in [0.2, 0.25) is 11.5 Å². The van der Waals surface area contributed by atoms with Gasteiger partial charge in [0.1, 0.15) is 5.76 Å². The Hall–Kier alpha value is -3.62. The molecule has 228 valence electrons. The molecule has 0 unspecified atom stereocenters. The molecule has 2 N–H and O–H groups in total. The topological polar surface area (TPSA) is 151 Å². The van der Waals surface area contributed by atoms with Crippen molar-refractivity contribution < 1.29 is 44.1 Å². The quantitative estimate of drug-likeness (QED) is 0.144. The summed E-state index contributed by atoms with van der Waals surface area (Å²) in [5.41, 5.74) is 3.56. The van der Waals surface area contributed by atoms with Crippen LogP contribution in [-0.4, -0.2) is 44.0 Å². The van der Waals surface area contributed by atoms with Crippen LogP contribution in [0.2, 0.25) is 5.02 Å². The van der Waals surface area contributed by atoms with Crippen LogP contribution in [-0.2, 0) is 26.8 Å². The van der Waals surface area contributed by atoms with Gasteiger partial charge in [-0.1, -0.05) is 18.5 Å². The predicted molar refractivity (Wildman–Crippen MR) is 162 cm³/mol. The van der Waals surface area contributed by atoms with Gasteiger partial charge in [-0.05, 0) is 60.9 Å². The van der Waals surface area contributed by atoms with Gasteiger partial charge in [0, 0.05) is 35.7 Å². The SMILES string of the molecule is CCC(/C=C1\Oc2ccc(Cl)cc2N1CCCS(=O)(=O)O)=C\c1oc2ccc(-c3ccco3)cc2[n+]1CCCS(=O)(=O)O. The Bertz CT molecular complexity index is 1910. The maximum atomic E-state index is 11.4. The first kappa shape index (κ1) is 30.8. The van der Waals surface area contributed by atoms with Gasteiger partial charge < -0.3 is 18.5 Å². The minimum atomic E-state index is -4.15. The first-order chi connectivity index (χ1) is 20.4. The number of aromatic nitrogens is 1. The standard InChI is InChI=1S/C29H29ClN2O9S2/c1-2-20(17-29-32(12-5-15-43(36,37)38)24-19-22(30)8-10-27(24)41-29)16-28-31(11-4-14-42(33,34)35)23-18-21(7-9-26(23)40-28)25-6-3-13-39-25/h3,6-10,13,16-19H,2,4-5,11-12,14-15H2,1H3,(H-,33,34,35,36,37,38)/p+1. The van der Waals surface area contributed by atoms with Gasteiger partial charge in [-0.2, -0.15) is 21.4 Å². The van der Waals surface area contributed by atoms with Crippen LogP contribution in [0.5, 0.6) is 5.75 Å². The fourth-order valence-corrected chi connectivity index (χ4v) is 5.97. The van der Waals surface area contributed by atoms with Crippen LogP contribution in [0.15, 0.2) is 81.2 Å². The third-order valence-corrected chi connectivity index (χ3v) is 8.67. The van der Waals surface area contributed by atoms with E-state index < -0.39 is 31.7 Å². The minimum absolute atomic E-state index is 0.145. The highest BCUT2D eigenvalue weighted by atomic mass is 35.5. The van der Waals surface area contributed by atoms with E-state index in [1.165, 1.54) is 0 Å². The van der Waals surface area contributed by atoms with Gasteiger partial charge in [0.15, 0.2) is 12.3 Å². The second-order valence-electron chi connectivity index (χ2n) is 9.95. The number of halogens is 1. The zero-order valence-corrected chi connectivity index (χ0v) is 25.5. The molecule has 0 saturated carbocycles. The largest absolute Gasteiger partial charge is 0.464 e. The number of ether oxygens (including phenoxy) is 1. The van der Waals surface area contributed by atoms with Crippen LogP contribution < -0.4 is 14.2 Å². The van der Waals surface area contributed by atoms with Crippen molar-refractivity contribution in [3.63, 3.8) is 0 Å². The highest BCUT2D eigenvalue weighted by Crippen LogP contribution is 2.41. The molecule has 0 spiro atoms. The lowest BCUT2D eigenvalue weighted by molar-refractivity contribution is -0.677. The summed E-state index contributed by atoms with van der Waals surface area (Å²) in [6.45, 7) is 2.44. The summed E-state index contributed by atoms with van der Waals surface area (Å²) < 4.78 is 83.7. The van der Waals surface area contributed by atoms with Crippen molar-refractivity contribution in [2.75, 3.05) is 23.0 Å². The summed E-state index contributed by atoms with van der Waals surface area (Å²) in [4.78, 5) is 1.80. The lowest BCUT2D eigenvalue weighted by atomic mass is 10.1. The molecule has 0 atom stereocenters. The number of anilines is 1. The number of nitrogens with zero attached hydrogens (tertiary/aromatic N) is 2. The molecule has 3 heterocycles. The fourth-order valence-electron chi connectivity index (χ4n) is 4.82. The minimum Gasteiger partial charge on any atom is -0.464 e. The van der Waals surface area contributed by atoms with Crippen LogP contribution in [0.4, 0.5) is 5.69 Å². The number of rotatable bonds is 12. The van der Waals surface area contributed by atoms with Crippen molar-refractivity contribution in [1.82, 2.24) is 0 Å². The van der Waals surface area contributed by atoms with Crippen molar-refractivity contribution in [3.05, 3.63) is 83.2 Å². The number of oxazole rings is 1. The lowest BCUT2D eigenvalue weighted by Gasteiger charge is -2.18. The smallest absolute Gasteiger partial charge is 0.374 e. The molecule has 0 radical (unpaired) electrons.